The first kappa shape index (κ1) is 15.5. The highest BCUT2D eigenvalue weighted by Crippen LogP contribution is 2.28. The van der Waals surface area contributed by atoms with E-state index in [0.717, 1.165) is 16.8 Å². The first-order valence-corrected chi connectivity index (χ1v) is 8.68. The van der Waals surface area contributed by atoms with Crippen molar-refractivity contribution in [2.75, 3.05) is 16.8 Å². The van der Waals surface area contributed by atoms with Crippen molar-refractivity contribution >= 4 is 39.8 Å². The molecule has 23 heavy (non-hydrogen) atoms. The Bertz CT molecular complexity index is 805. The van der Waals surface area contributed by atoms with Gasteiger partial charge in [0.05, 0.1) is 5.75 Å². The molecule has 0 radical (unpaired) electrons. The minimum Gasteiger partial charge on any atom is -0.374 e. The predicted octanol–water partition coefficient (Wildman–Crippen LogP) is 3.52. The lowest BCUT2D eigenvalue weighted by atomic mass is 10.0. The highest BCUT2D eigenvalue weighted by atomic mass is 32.2. The maximum atomic E-state index is 12.2. The van der Waals surface area contributed by atoms with E-state index in [9.17, 15) is 4.79 Å². The quantitative estimate of drug-likeness (QED) is 0.693. The maximum Gasteiger partial charge on any atom is 0.234 e. The van der Waals surface area contributed by atoms with Crippen molar-refractivity contribution in [3.05, 3.63) is 54.6 Å². The molecule has 116 valence electrons. The lowest BCUT2D eigenvalue weighted by molar-refractivity contribution is -0.113. The van der Waals surface area contributed by atoms with E-state index in [0.29, 0.717) is 9.47 Å². The summed E-state index contributed by atoms with van der Waals surface area (Å²) in [6.45, 7) is 0. The molecule has 1 amide bonds. The number of amides is 1. The summed E-state index contributed by atoms with van der Waals surface area (Å²) in [5.74, 6) is 0.171. The van der Waals surface area contributed by atoms with Crippen LogP contribution in [-0.4, -0.2) is 21.9 Å². The number of aromatic nitrogens is 2. The van der Waals surface area contributed by atoms with Gasteiger partial charge in [-0.25, -0.2) is 0 Å². The van der Waals surface area contributed by atoms with Crippen LogP contribution >= 0.6 is 23.1 Å². The molecule has 0 spiro atoms. The second-order valence-electron chi connectivity index (χ2n) is 4.65. The van der Waals surface area contributed by atoms with Crippen molar-refractivity contribution < 1.29 is 4.79 Å². The van der Waals surface area contributed by atoms with Gasteiger partial charge in [-0.1, -0.05) is 71.6 Å². The van der Waals surface area contributed by atoms with Crippen LogP contribution in [0.25, 0.3) is 11.1 Å². The summed E-state index contributed by atoms with van der Waals surface area (Å²) >= 11 is 2.60. The van der Waals surface area contributed by atoms with Crippen molar-refractivity contribution in [3.63, 3.8) is 0 Å². The largest absolute Gasteiger partial charge is 0.374 e. The van der Waals surface area contributed by atoms with Gasteiger partial charge in [-0.15, -0.1) is 10.2 Å². The first-order valence-electron chi connectivity index (χ1n) is 6.88. The number of nitrogens with two attached hydrogens (primary N) is 1. The molecular formula is C16H14N4OS2. The van der Waals surface area contributed by atoms with Crippen LogP contribution in [0.3, 0.4) is 0 Å². The predicted molar refractivity (Wildman–Crippen MR) is 95.6 cm³/mol. The number of rotatable bonds is 5. The van der Waals surface area contributed by atoms with E-state index >= 15 is 0 Å². The molecule has 0 aliphatic rings. The lowest BCUT2D eigenvalue weighted by Gasteiger charge is -2.10. The molecule has 5 nitrogen and oxygen atoms in total. The number of hydrogen-bond donors (Lipinski definition) is 2. The molecule has 0 atom stereocenters. The van der Waals surface area contributed by atoms with E-state index in [1.165, 1.54) is 23.1 Å². The molecule has 3 aromatic rings. The Kier molecular flexibility index (Phi) is 4.89. The van der Waals surface area contributed by atoms with Gasteiger partial charge in [-0.05, 0) is 11.6 Å². The standard InChI is InChI=1S/C16H14N4OS2/c17-15-19-20-16(23-15)22-10-14(21)18-13-9-5-4-8-12(13)11-6-2-1-3-7-11/h1-9H,10H2,(H2,17,19)(H,18,21). The monoisotopic (exact) mass is 342 g/mol. The van der Waals surface area contributed by atoms with E-state index in [1.54, 1.807) is 0 Å². The second kappa shape index (κ2) is 7.26. The fraction of sp³-hybridized carbons (Fsp3) is 0.0625. The minimum absolute atomic E-state index is 0.0906. The number of carbonyl (C=O) groups excluding carboxylic acids is 1. The smallest absolute Gasteiger partial charge is 0.234 e. The number of nitrogens with zero attached hydrogens (tertiary/aromatic N) is 2. The van der Waals surface area contributed by atoms with Gasteiger partial charge in [0.25, 0.3) is 0 Å². The van der Waals surface area contributed by atoms with Gasteiger partial charge in [0, 0.05) is 11.3 Å². The fourth-order valence-electron chi connectivity index (χ4n) is 2.05. The zero-order valence-corrected chi connectivity index (χ0v) is 13.7. The Labute approximate surface area is 141 Å². The number of nitrogens with one attached hydrogen (secondary N) is 1. The Morgan fingerprint density at radius 3 is 2.57 bits per heavy atom. The normalized spacial score (nSPS) is 10.4. The van der Waals surface area contributed by atoms with Crippen molar-refractivity contribution in [3.8, 4) is 11.1 Å². The van der Waals surface area contributed by atoms with Gasteiger partial charge in [0.1, 0.15) is 0 Å². The van der Waals surface area contributed by atoms with Crippen molar-refractivity contribution in [1.82, 2.24) is 10.2 Å². The minimum atomic E-state index is -0.0906. The van der Waals surface area contributed by atoms with Crippen LogP contribution in [0.2, 0.25) is 0 Å². The molecular weight excluding hydrogens is 328 g/mol. The van der Waals surface area contributed by atoms with Crippen LogP contribution < -0.4 is 11.1 Å². The number of benzene rings is 2. The third-order valence-corrected chi connectivity index (χ3v) is 4.92. The van der Waals surface area contributed by atoms with Gasteiger partial charge < -0.3 is 11.1 Å². The van der Waals surface area contributed by atoms with Crippen LogP contribution in [0.4, 0.5) is 10.8 Å². The summed E-state index contributed by atoms with van der Waals surface area (Å²) in [5, 5.41) is 11.0. The molecule has 0 bridgehead atoms. The number of thioether (sulfide) groups is 1. The van der Waals surface area contributed by atoms with Gasteiger partial charge in [-0.3, -0.25) is 4.79 Å². The van der Waals surface area contributed by atoms with Gasteiger partial charge >= 0.3 is 0 Å². The zero-order valence-electron chi connectivity index (χ0n) is 12.1. The topological polar surface area (TPSA) is 80.9 Å². The summed E-state index contributed by atoms with van der Waals surface area (Å²) in [6, 6.07) is 17.7. The molecule has 3 rings (SSSR count). The Morgan fingerprint density at radius 1 is 1.09 bits per heavy atom. The number of anilines is 2. The molecule has 1 heterocycles. The van der Waals surface area contributed by atoms with Gasteiger partial charge in [0.15, 0.2) is 4.34 Å². The number of hydrogen-bond acceptors (Lipinski definition) is 6. The van der Waals surface area contributed by atoms with Crippen LogP contribution in [0.5, 0.6) is 0 Å². The van der Waals surface area contributed by atoms with Crippen LogP contribution in [0, 0.1) is 0 Å². The molecule has 0 saturated heterocycles. The Hall–Kier alpha value is -2.38. The SMILES string of the molecule is Nc1nnc(SCC(=O)Nc2ccccc2-c2ccccc2)s1. The molecule has 7 heteroatoms. The Balaban J connectivity index is 1.69. The summed E-state index contributed by atoms with van der Waals surface area (Å²) < 4.78 is 0.689. The summed E-state index contributed by atoms with van der Waals surface area (Å²) in [5.41, 5.74) is 8.37. The zero-order chi connectivity index (χ0) is 16.1. The van der Waals surface area contributed by atoms with Crippen LogP contribution in [0.1, 0.15) is 0 Å². The van der Waals surface area contributed by atoms with Gasteiger partial charge in [0.2, 0.25) is 11.0 Å². The molecule has 1 aromatic heterocycles. The molecule has 2 aromatic carbocycles. The van der Waals surface area contributed by atoms with Crippen molar-refractivity contribution in [2.24, 2.45) is 0 Å². The molecule has 0 fully saturated rings. The number of nitrogen functional groups attached to an aromatic ring is 1. The Morgan fingerprint density at radius 2 is 1.83 bits per heavy atom. The third kappa shape index (κ3) is 4.08. The van der Waals surface area contributed by atoms with E-state index in [2.05, 4.69) is 15.5 Å². The molecule has 0 aliphatic heterocycles. The van der Waals surface area contributed by atoms with Gasteiger partial charge in [-0.2, -0.15) is 0 Å². The average molecular weight is 342 g/mol. The summed E-state index contributed by atoms with van der Waals surface area (Å²) in [4.78, 5) is 12.2. The van der Waals surface area contributed by atoms with E-state index in [4.69, 9.17) is 5.73 Å². The van der Waals surface area contributed by atoms with Crippen molar-refractivity contribution in [2.45, 2.75) is 4.34 Å². The molecule has 0 unspecified atom stereocenters. The average Bonchev–Trinajstić information content (AvgIpc) is 3.00. The molecule has 3 N–H and O–H groups in total. The fourth-order valence-corrected chi connectivity index (χ4v) is 3.49. The van der Waals surface area contributed by atoms with E-state index in [1.807, 2.05) is 54.6 Å². The number of carbonyl (C=O) groups is 1. The molecule has 0 aliphatic carbocycles. The second-order valence-corrected chi connectivity index (χ2v) is 6.89. The maximum absolute atomic E-state index is 12.2. The first-order chi connectivity index (χ1) is 11.2. The van der Waals surface area contributed by atoms with Crippen LogP contribution in [0.15, 0.2) is 58.9 Å². The molecule has 0 saturated carbocycles. The lowest BCUT2D eigenvalue weighted by Crippen LogP contribution is -2.14. The third-order valence-electron chi connectivity index (χ3n) is 3.03. The highest BCUT2D eigenvalue weighted by molar-refractivity contribution is 8.01. The number of para-hydroxylation sites is 1. The van der Waals surface area contributed by atoms with E-state index in [-0.39, 0.29) is 11.7 Å². The van der Waals surface area contributed by atoms with Crippen LogP contribution in [-0.2, 0) is 4.79 Å². The summed E-state index contributed by atoms with van der Waals surface area (Å²) in [6.07, 6.45) is 0. The van der Waals surface area contributed by atoms with E-state index < -0.39 is 0 Å². The highest BCUT2D eigenvalue weighted by Gasteiger charge is 2.10. The summed E-state index contributed by atoms with van der Waals surface area (Å²) in [7, 11) is 0. The van der Waals surface area contributed by atoms with Crippen molar-refractivity contribution in [1.29, 1.82) is 0 Å².